The lowest BCUT2D eigenvalue weighted by molar-refractivity contribution is -0.385. The lowest BCUT2D eigenvalue weighted by Crippen LogP contribution is -2.39. The van der Waals surface area contributed by atoms with E-state index in [1.807, 2.05) is 30.5 Å². The summed E-state index contributed by atoms with van der Waals surface area (Å²) in [5, 5.41) is 13.4. The predicted molar refractivity (Wildman–Crippen MR) is 145 cm³/mol. The molecule has 0 saturated carbocycles. The molecule has 0 fully saturated rings. The quantitative estimate of drug-likeness (QED) is 0.196. The third kappa shape index (κ3) is 4.44. The Morgan fingerprint density at radius 2 is 2.05 bits per heavy atom. The fraction of sp³-hybridized carbons (Fsp3) is 0.222. The number of thiazole rings is 1. The summed E-state index contributed by atoms with van der Waals surface area (Å²) in [5.41, 5.74) is 2.52. The van der Waals surface area contributed by atoms with Gasteiger partial charge in [-0.2, -0.15) is 0 Å². The van der Waals surface area contributed by atoms with E-state index >= 15 is 0 Å². The number of thiophene rings is 1. The number of esters is 1. The van der Waals surface area contributed by atoms with Crippen molar-refractivity contribution in [2.24, 2.45) is 4.99 Å². The Morgan fingerprint density at radius 3 is 2.74 bits per heavy atom. The van der Waals surface area contributed by atoms with Crippen molar-refractivity contribution < 1.29 is 18.9 Å². The molecule has 38 heavy (non-hydrogen) atoms. The summed E-state index contributed by atoms with van der Waals surface area (Å²) in [6.45, 7) is 7.21. The third-order valence-corrected chi connectivity index (χ3v) is 8.26. The first-order chi connectivity index (χ1) is 18.2. The number of ether oxygens (including phenoxy) is 1. The monoisotopic (exact) mass is 549 g/mol. The van der Waals surface area contributed by atoms with E-state index in [9.17, 15) is 19.7 Å². The normalized spacial score (nSPS) is 15.4. The maximum Gasteiger partial charge on any atom is 0.338 e. The van der Waals surface area contributed by atoms with Crippen LogP contribution >= 0.6 is 22.7 Å². The number of hydrogen-bond acceptors (Lipinski definition) is 9. The Hall–Kier alpha value is -4.09. The van der Waals surface area contributed by atoms with Gasteiger partial charge >= 0.3 is 5.97 Å². The van der Waals surface area contributed by atoms with Crippen LogP contribution in [-0.4, -0.2) is 22.1 Å². The second kappa shape index (κ2) is 9.99. The number of allylic oxidation sites excluding steroid dienone is 1. The van der Waals surface area contributed by atoms with Gasteiger partial charge in [-0.1, -0.05) is 17.4 Å². The van der Waals surface area contributed by atoms with Crippen molar-refractivity contribution in [1.29, 1.82) is 0 Å². The molecule has 0 amide bonds. The summed E-state index contributed by atoms with van der Waals surface area (Å²) >= 11 is 2.65. The fourth-order valence-electron chi connectivity index (χ4n) is 4.39. The summed E-state index contributed by atoms with van der Waals surface area (Å²) in [5.74, 6) is 0.367. The summed E-state index contributed by atoms with van der Waals surface area (Å²) in [4.78, 5) is 43.4. The molecule has 0 radical (unpaired) electrons. The van der Waals surface area contributed by atoms with Crippen LogP contribution in [0.3, 0.4) is 0 Å². The minimum absolute atomic E-state index is 0.0209. The average molecular weight is 550 g/mol. The molecule has 4 heterocycles. The summed E-state index contributed by atoms with van der Waals surface area (Å²) < 4.78 is 13.2. The van der Waals surface area contributed by atoms with E-state index < -0.39 is 16.9 Å². The number of hydrogen-bond donors (Lipinski definition) is 0. The topological polar surface area (TPSA) is 117 Å². The van der Waals surface area contributed by atoms with Crippen molar-refractivity contribution in [3.8, 4) is 11.3 Å². The van der Waals surface area contributed by atoms with Crippen LogP contribution < -0.4 is 14.9 Å². The first-order valence-electron chi connectivity index (χ1n) is 11.8. The Kier molecular flexibility index (Phi) is 6.72. The SMILES string of the molecule is CCOC(=O)C1=C(C)N=c2s/c(=C\c3ccc(-c4cc(C)c(C)c([N+](=O)[O-])c4)o3)c(=O)n2[C@H]1c1cccs1. The highest BCUT2D eigenvalue weighted by Crippen LogP contribution is 2.33. The summed E-state index contributed by atoms with van der Waals surface area (Å²) in [6.07, 6.45) is 1.62. The maximum atomic E-state index is 13.6. The summed E-state index contributed by atoms with van der Waals surface area (Å²) in [7, 11) is 0. The minimum Gasteiger partial charge on any atom is -0.463 e. The van der Waals surface area contributed by atoms with Crippen molar-refractivity contribution in [1.82, 2.24) is 4.57 Å². The molecular weight excluding hydrogens is 526 g/mol. The Bertz CT molecular complexity index is 1790. The van der Waals surface area contributed by atoms with Gasteiger partial charge in [0.05, 0.1) is 27.3 Å². The van der Waals surface area contributed by atoms with Crippen molar-refractivity contribution in [2.75, 3.05) is 6.61 Å². The standard InChI is InChI=1S/C27H23N3O6S2/c1-5-35-26(32)23-16(4)28-27-29(24(23)21-7-6-10-37-21)25(31)22(38-27)13-18-8-9-20(36-18)17-11-14(2)15(3)19(12-17)30(33)34/h6-13,24H,5H2,1-4H3/b22-13-/t24-/m0/s1. The van der Waals surface area contributed by atoms with Crippen LogP contribution in [0.15, 0.2) is 67.3 Å². The van der Waals surface area contributed by atoms with Crippen LogP contribution in [0.1, 0.15) is 41.7 Å². The zero-order valence-corrected chi connectivity index (χ0v) is 22.6. The Labute approximate surface area is 224 Å². The van der Waals surface area contributed by atoms with Crippen LogP contribution in [0.4, 0.5) is 5.69 Å². The molecule has 1 atom stereocenters. The zero-order chi connectivity index (χ0) is 27.1. The molecule has 0 aliphatic carbocycles. The van der Waals surface area contributed by atoms with E-state index in [1.54, 1.807) is 39.0 Å². The number of nitro groups is 1. The number of carbonyl (C=O) groups excluding carboxylic acids is 1. The van der Waals surface area contributed by atoms with Crippen LogP contribution in [0.25, 0.3) is 17.4 Å². The number of furan rings is 1. The van der Waals surface area contributed by atoms with Gasteiger partial charge in [-0.05, 0) is 62.9 Å². The number of fused-ring (bicyclic) bond motifs is 1. The Morgan fingerprint density at radius 1 is 1.26 bits per heavy atom. The van der Waals surface area contributed by atoms with Crippen molar-refractivity contribution in [3.63, 3.8) is 0 Å². The highest BCUT2D eigenvalue weighted by atomic mass is 32.1. The maximum absolute atomic E-state index is 13.6. The lowest BCUT2D eigenvalue weighted by atomic mass is 10.0. The fourth-order valence-corrected chi connectivity index (χ4v) is 6.25. The van der Waals surface area contributed by atoms with Crippen LogP contribution in [0.5, 0.6) is 0 Å². The lowest BCUT2D eigenvalue weighted by Gasteiger charge is -2.23. The molecule has 1 aliphatic rings. The van der Waals surface area contributed by atoms with Crippen molar-refractivity contribution >= 4 is 40.4 Å². The largest absolute Gasteiger partial charge is 0.463 e. The molecule has 194 valence electrons. The molecule has 0 N–H and O–H groups in total. The van der Waals surface area contributed by atoms with Gasteiger partial charge in [0.15, 0.2) is 4.80 Å². The molecule has 1 aromatic carbocycles. The average Bonchev–Trinajstić information content (AvgIpc) is 3.62. The molecule has 9 nitrogen and oxygen atoms in total. The number of carbonyl (C=O) groups is 1. The highest BCUT2D eigenvalue weighted by molar-refractivity contribution is 7.10. The molecule has 0 bridgehead atoms. The van der Waals surface area contributed by atoms with Gasteiger partial charge in [-0.15, -0.1) is 11.3 Å². The molecule has 0 unspecified atom stereocenters. The van der Waals surface area contributed by atoms with Gasteiger partial charge in [0.1, 0.15) is 17.6 Å². The first kappa shape index (κ1) is 25.6. The van der Waals surface area contributed by atoms with Gasteiger partial charge < -0.3 is 9.15 Å². The smallest absolute Gasteiger partial charge is 0.338 e. The van der Waals surface area contributed by atoms with E-state index in [2.05, 4.69) is 4.99 Å². The number of nitro benzene ring substituents is 1. The minimum atomic E-state index is -0.643. The zero-order valence-electron chi connectivity index (χ0n) is 21.0. The molecular formula is C27H23N3O6S2. The van der Waals surface area contributed by atoms with Crippen LogP contribution in [0.2, 0.25) is 0 Å². The molecule has 0 spiro atoms. The van der Waals surface area contributed by atoms with E-state index in [0.29, 0.717) is 43.3 Å². The molecule has 3 aromatic heterocycles. The molecule has 5 rings (SSSR count). The third-order valence-electron chi connectivity index (χ3n) is 6.35. The molecule has 4 aromatic rings. The molecule has 0 saturated heterocycles. The molecule has 1 aliphatic heterocycles. The van der Waals surface area contributed by atoms with Gasteiger partial charge in [-0.25, -0.2) is 9.79 Å². The van der Waals surface area contributed by atoms with Crippen LogP contribution in [0, 0.1) is 24.0 Å². The number of aryl methyl sites for hydroxylation is 1. The van der Waals surface area contributed by atoms with Gasteiger partial charge in [-0.3, -0.25) is 19.5 Å². The second-order valence-corrected chi connectivity index (χ2v) is 10.7. The number of nitrogens with zero attached hydrogens (tertiary/aromatic N) is 3. The van der Waals surface area contributed by atoms with Gasteiger partial charge in [0.2, 0.25) is 0 Å². The Balaban J connectivity index is 1.60. The number of aromatic nitrogens is 1. The van der Waals surface area contributed by atoms with E-state index in [1.165, 1.54) is 33.3 Å². The predicted octanol–water partition coefficient (Wildman–Crippen LogP) is 4.64. The van der Waals surface area contributed by atoms with E-state index in [4.69, 9.17) is 9.15 Å². The van der Waals surface area contributed by atoms with Crippen molar-refractivity contribution in [2.45, 2.75) is 33.7 Å². The van der Waals surface area contributed by atoms with Gasteiger partial charge in [0.25, 0.3) is 11.2 Å². The van der Waals surface area contributed by atoms with Crippen LogP contribution in [-0.2, 0) is 9.53 Å². The first-order valence-corrected chi connectivity index (χ1v) is 13.5. The van der Waals surface area contributed by atoms with Crippen molar-refractivity contribution in [3.05, 3.63) is 105 Å². The summed E-state index contributed by atoms with van der Waals surface area (Å²) in [6, 6.07) is 9.85. The number of benzene rings is 1. The van der Waals surface area contributed by atoms with E-state index in [0.717, 1.165) is 10.4 Å². The highest BCUT2D eigenvalue weighted by Gasteiger charge is 2.34. The molecule has 11 heteroatoms. The number of rotatable bonds is 6. The van der Waals surface area contributed by atoms with Gasteiger partial charge in [0, 0.05) is 28.1 Å². The second-order valence-electron chi connectivity index (χ2n) is 8.71. The van der Waals surface area contributed by atoms with E-state index in [-0.39, 0.29) is 17.9 Å².